The van der Waals surface area contributed by atoms with Crippen LogP contribution in [0.1, 0.15) is 13.3 Å². The van der Waals surface area contributed by atoms with Crippen LogP contribution in [0.2, 0.25) is 0 Å². The lowest BCUT2D eigenvalue weighted by molar-refractivity contribution is 0.604. The minimum absolute atomic E-state index is 0.192. The predicted molar refractivity (Wildman–Crippen MR) is 81.3 cm³/mol. The van der Waals surface area contributed by atoms with Crippen molar-refractivity contribution < 1.29 is 0 Å². The Labute approximate surface area is 123 Å². The van der Waals surface area contributed by atoms with Crippen molar-refractivity contribution >= 4 is 39.0 Å². The Balaban J connectivity index is 2.01. The molecule has 3 aromatic rings. The molecule has 2 aromatic heterocycles. The van der Waals surface area contributed by atoms with E-state index in [0.29, 0.717) is 17.4 Å². The van der Waals surface area contributed by atoms with Crippen molar-refractivity contribution in [2.24, 2.45) is 0 Å². The molecule has 20 heavy (non-hydrogen) atoms. The molecule has 0 atom stereocenters. The third kappa shape index (κ3) is 2.20. The van der Waals surface area contributed by atoms with Gasteiger partial charge in [0.05, 0.1) is 15.9 Å². The van der Waals surface area contributed by atoms with Crippen LogP contribution in [0.25, 0.3) is 10.2 Å². The molecule has 0 saturated carbocycles. The molecular weight excluding hydrogens is 294 g/mol. The normalized spacial score (nSPS) is 11.2. The molecular formula is C12H13N5OS2. The standard InChI is InChI=1S/C12H13N5OS2/c1-2-5-17-11(18)15-16-12(17)20-7-3-4-8-10(9(7)13)14-6-19-8/h3-4,6H,2,5,13H2,1H3,(H,15,18). The number of hydrogen-bond acceptors (Lipinski definition) is 6. The van der Waals surface area contributed by atoms with Crippen molar-refractivity contribution in [2.75, 3.05) is 5.73 Å². The van der Waals surface area contributed by atoms with Gasteiger partial charge >= 0.3 is 5.69 Å². The summed E-state index contributed by atoms with van der Waals surface area (Å²) >= 11 is 2.93. The van der Waals surface area contributed by atoms with Crippen LogP contribution in [0.4, 0.5) is 5.69 Å². The average Bonchev–Trinajstić information content (AvgIpc) is 3.04. The summed E-state index contributed by atoms with van der Waals surface area (Å²) in [5.74, 6) is 0. The fourth-order valence-corrected chi connectivity index (χ4v) is 3.53. The van der Waals surface area contributed by atoms with Gasteiger partial charge in [-0.25, -0.2) is 14.9 Å². The monoisotopic (exact) mass is 307 g/mol. The van der Waals surface area contributed by atoms with Gasteiger partial charge in [0.15, 0.2) is 5.16 Å². The van der Waals surface area contributed by atoms with Gasteiger partial charge in [0, 0.05) is 11.4 Å². The summed E-state index contributed by atoms with van der Waals surface area (Å²) in [6.45, 7) is 2.65. The highest BCUT2D eigenvalue weighted by molar-refractivity contribution is 7.99. The van der Waals surface area contributed by atoms with Crippen molar-refractivity contribution in [1.82, 2.24) is 19.7 Å². The second kappa shape index (κ2) is 5.29. The number of thiazole rings is 1. The van der Waals surface area contributed by atoms with E-state index in [0.717, 1.165) is 21.5 Å². The summed E-state index contributed by atoms with van der Waals surface area (Å²) in [7, 11) is 0. The summed E-state index contributed by atoms with van der Waals surface area (Å²) in [6.07, 6.45) is 0.869. The van der Waals surface area contributed by atoms with Gasteiger partial charge in [0.25, 0.3) is 0 Å². The van der Waals surface area contributed by atoms with Crippen LogP contribution in [0, 0.1) is 0 Å². The minimum Gasteiger partial charge on any atom is -0.396 e. The van der Waals surface area contributed by atoms with E-state index in [1.54, 1.807) is 21.4 Å². The molecule has 6 nitrogen and oxygen atoms in total. The maximum Gasteiger partial charge on any atom is 0.343 e. The lowest BCUT2D eigenvalue weighted by Crippen LogP contribution is -2.17. The molecule has 2 heterocycles. The number of anilines is 1. The number of nitrogens with one attached hydrogen (secondary N) is 1. The molecule has 0 fully saturated rings. The number of benzene rings is 1. The van der Waals surface area contributed by atoms with E-state index in [1.807, 2.05) is 19.1 Å². The molecule has 0 saturated heterocycles. The van der Waals surface area contributed by atoms with Crippen LogP contribution < -0.4 is 11.4 Å². The summed E-state index contributed by atoms with van der Waals surface area (Å²) in [6, 6.07) is 3.93. The lowest BCUT2D eigenvalue weighted by atomic mass is 10.3. The molecule has 0 unspecified atom stereocenters. The smallest absolute Gasteiger partial charge is 0.343 e. The van der Waals surface area contributed by atoms with Gasteiger partial charge in [-0.1, -0.05) is 6.92 Å². The highest BCUT2D eigenvalue weighted by Crippen LogP contribution is 2.35. The van der Waals surface area contributed by atoms with Crippen molar-refractivity contribution in [3.8, 4) is 0 Å². The first-order valence-corrected chi connectivity index (χ1v) is 7.85. The quantitative estimate of drug-likeness (QED) is 0.722. The maximum absolute atomic E-state index is 11.7. The molecule has 0 spiro atoms. The van der Waals surface area contributed by atoms with Crippen molar-refractivity contribution in [2.45, 2.75) is 29.9 Å². The molecule has 0 amide bonds. The van der Waals surface area contributed by atoms with Gasteiger partial charge < -0.3 is 5.73 Å². The summed E-state index contributed by atoms with van der Waals surface area (Å²) in [5, 5.41) is 7.15. The number of aromatic nitrogens is 4. The molecule has 0 radical (unpaired) electrons. The molecule has 8 heteroatoms. The Kier molecular flexibility index (Phi) is 3.49. The summed E-state index contributed by atoms with van der Waals surface area (Å²) in [4.78, 5) is 16.8. The fraction of sp³-hybridized carbons (Fsp3) is 0.250. The molecule has 3 N–H and O–H groups in total. The third-order valence-corrected chi connectivity index (χ3v) is 4.74. The molecule has 1 aromatic carbocycles. The number of aromatic amines is 1. The largest absolute Gasteiger partial charge is 0.396 e. The van der Waals surface area contributed by atoms with Gasteiger partial charge in [-0.3, -0.25) is 4.57 Å². The van der Waals surface area contributed by atoms with Crippen molar-refractivity contribution in [3.63, 3.8) is 0 Å². The molecule has 0 aliphatic carbocycles. The lowest BCUT2D eigenvalue weighted by Gasteiger charge is -2.06. The van der Waals surface area contributed by atoms with E-state index in [-0.39, 0.29) is 5.69 Å². The van der Waals surface area contributed by atoms with E-state index in [1.165, 1.54) is 11.8 Å². The summed E-state index contributed by atoms with van der Waals surface area (Å²) in [5.41, 5.74) is 9.16. The topological polar surface area (TPSA) is 89.6 Å². The third-order valence-electron chi connectivity index (χ3n) is 2.87. The highest BCUT2D eigenvalue weighted by Gasteiger charge is 2.13. The van der Waals surface area contributed by atoms with Crippen LogP contribution in [0.5, 0.6) is 0 Å². The first-order valence-electron chi connectivity index (χ1n) is 6.15. The minimum atomic E-state index is -0.192. The van der Waals surface area contributed by atoms with Crippen LogP contribution in [0.15, 0.2) is 32.5 Å². The number of rotatable bonds is 4. The Morgan fingerprint density at radius 3 is 3.15 bits per heavy atom. The Morgan fingerprint density at radius 1 is 1.50 bits per heavy atom. The highest BCUT2D eigenvalue weighted by atomic mass is 32.2. The zero-order valence-electron chi connectivity index (χ0n) is 10.8. The number of nitrogen functional groups attached to an aromatic ring is 1. The number of nitrogens with zero attached hydrogens (tertiary/aromatic N) is 3. The zero-order valence-corrected chi connectivity index (χ0v) is 12.4. The Bertz CT molecular complexity index is 804. The van der Waals surface area contributed by atoms with Gasteiger partial charge in [-0.2, -0.15) is 0 Å². The Morgan fingerprint density at radius 2 is 2.35 bits per heavy atom. The van der Waals surface area contributed by atoms with Gasteiger partial charge in [-0.15, -0.1) is 16.4 Å². The fourth-order valence-electron chi connectivity index (χ4n) is 1.92. The second-order valence-corrected chi connectivity index (χ2v) is 6.14. The Hall–Kier alpha value is -1.80. The number of nitrogens with two attached hydrogens (primary N) is 1. The SMILES string of the molecule is CCCn1c(Sc2ccc3scnc3c2N)n[nH]c1=O. The predicted octanol–water partition coefficient (Wildman–Crippen LogP) is 2.32. The molecule has 0 aliphatic rings. The van der Waals surface area contributed by atoms with Crippen LogP contribution in [0.3, 0.4) is 0 Å². The van der Waals surface area contributed by atoms with E-state index >= 15 is 0 Å². The first-order chi connectivity index (χ1) is 9.70. The van der Waals surface area contributed by atoms with Crippen LogP contribution in [-0.2, 0) is 6.54 Å². The van der Waals surface area contributed by atoms with E-state index in [2.05, 4.69) is 15.2 Å². The van der Waals surface area contributed by atoms with E-state index in [9.17, 15) is 4.79 Å². The number of hydrogen-bond donors (Lipinski definition) is 2. The number of fused-ring (bicyclic) bond motifs is 1. The van der Waals surface area contributed by atoms with Gasteiger partial charge in [0.2, 0.25) is 0 Å². The summed E-state index contributed by atoms with van der Waals surface area (Å²) < 4.78 is 2.68. The number of H-pyrrole nitrogens is 1. The second-order valence-electron chi connectivity index (χ2n) is 4.24. The van der Waals surface area contributed by atoms with Gasteiger partial charge in [-0.05, 0) is 30.3 Å². The zero-order chi connectivity index (χ0) is 14.1. The molecule has 3 rings (SSSR count). The van der Waals surface area contributed by atoms with Crippen molar-refractivity contribution in [1.29, 1.82) is 0 Å². The van der Waals surface area contributed by atoms with Crippen LogP contribution in [-0.4, -0.2) is 19.7 Å². The first kappa shape index (κ1) is 13.2. The van der Waals surface area contributed by atoms with E-state index in [4.69, 9.17) is 5.73 Å². The molecule has 0 aliphatic heterocycles. The van der Waals surface area contributed by atoms with Gasteiger partial charge in [0.1, 0.15) is 5.52 Å². The average molecular weight is 307 g/mol. The maximum atomic E-state index is 11.7. The van der Waals surface area contributed by atoms with Crippen LogP contribution >= 0.6 is 23.1 Å². The van der Waals surface area contributed by atoms with E-state index < -0.39 is 0 Å². The molecule has 104 valence electrons. The van der Waals surface area contributed by atoms with Crippen molar-refractivity contribution in [3.05, 3.63) is 28.1 Å². The molecule has 0 bridgehead atoms.